The molecule has 0 bridgehead atoms. The Morgan fingerprint density at radius 1 is 1.20 bits per heavy atom. The van der Waals surface area contributed by atoms with Gasteiger partial charge in [0.15, 0.2) is 5.69 Å². The van der Waals surface area contributed by atoms with Crippen molar-refractivity contribution in [3.8, 4) is 0 Å². The van der Waals surface area contributed by atoms with Gasteiger partial charge in [0, 0.05) is 17.7 Å². The van der Waals surface area contributed by atoms with Crippen LogP contribution in [0.1, 0.15) is 65.6 Å². The molecule has 2 aromatic rings. The van der Waals surface area contributed by atoms with Crippen LogP contribution >= 0.6 is 12.4 Å². The summed E-state index contributed by atoms with van der Waals surface area (Å²) >= 11 is 0. The smallest absolute Gasteiger partial charge is 0.417 e. The molecule has 1 aromatic carbocycles. The molecular weight excluding hydrogens is 435 g/mol. The fourth-order valence-electron chi connectivity index (χ4n) is 3.15. The summed E-state index contributed by atoms with van der Waals surface area (Å²) in [5.74, 6) is -1.09. The first-order valence-corrected chi connectivity index (χ1v) is 8.62. The Bertz CT molecular complexity index is 920. The van der Waals surface area contributed by atoms with E-state index in [4.69, 9.17) is 0 Å². The number of alkyl halides is 5. The number of aromatic nitrogens is 2. The van der Waals surface area contributed by atoms with Crippen molar-refractivity contribution in [1.82, 2.24) is 9.55 Å². The van der Waals surface area contributed by atoms with Gasteiger partial charge in [-0.05, 0) is 18.1 Å². The predicted octanol–water partition coefficient (Wildman–Crippen LogP) is 4.97. The van der Waals surface area contributed by atoms with E-state index in [0.29, 0.717) is 0 Å². The van der Waals surface area contributed by atoms with Crippen LogP contribution in [0.25, 0.3) is 0 Å². The molecule has 30 heavy (non-hydrogen) atoms. The van der Waals surface area contributed by atoms with E-state index < -0.39 is 47.8 Å². The van der Waals surface area contributed by atoms with Gasteiger partial charge in [0.2, 0.25) is 0 Å². The van der Waals surface area contributed by atoms with Crippen molar-refractivity contribution in [2.24, 2.45) is 0 Å². The minimum atomic E-state index is -5.01. The van der Waals surface area contributed by atoms with Crippen molar-refractivity contribution in [3.63, 3.8) is 0 Å². The zero-order chi connectivity index (χ0) is 22.3. The van der Waals surface area contributed by atoms with Gasteiger partial charge in [-0.3, -0.25) is 0 Å². The maximum atomic E-state index is 13.7. The Morgan fingerprint density at radius 3 is 2.20 bits per heavy atom. The zero-order valence-corrected chi connectivity index (χ0v) is 17.4. The third kappa shape index (κ3) is 5.10. The summed E-state index contributed by atoms with van der Waals surface area (Å²) in [7, 11) is 0. The molecule has 11 heteroatoms. The van der Waals surface area contributed by atoms with Crippen LogP contribution in [0.4, 0.5) is 22.0 Å². The summed E-state index contributed by atoms with van der Waals surface area (Å²) in [4.78, 5) is 15.5. The van der Waals surface area contributed by atoms with Gasteiger partial charge in [0.05, 0.1) is 5.56 Å². The molecule has 1 unspecified atom stereocenters. The number of carboxylic acid groups (broad SMARTS) is 1. The van der Waals surface area contributed by atoms with E-state index in [1.54, 1.807) is 20.8 Å². The monoisotopic (exact) mass is 456 g/mol. The van der Waals surface area contributed by atoms with Crippen LogP contribution < -0.4 is 0 Å². The van der Waals surface area contributed by atoms with Gasteiger partial charge >= 0.3 is 12.1 Å². The molecule has 1 atom stereocenters. The molecule has 0 saturated carbocycles. The second kappa shape index (κ2) is 8.89. The number of halogens is 6. The van der Waals surface area contributed by atoms with E-state index in [0.717, 1.165) is 18.2 Å². The van der Waals surface area contributed by atoms with Crippen LogP contribution in [0.5, 0.6) is 0 Å². The summed E-state index contributed by atoms with van der Waals surface area (Å²) < 4.78 is 68.4. The number of rotatable bonds is 5. The van der Waals surface area contributed by atoms with Crippen molar-refractivity contribution < 1.29 is 37.0 Å². The lowest BCUT2D eigenvalue weighted by molar-refractivity contribution is -0.140. The number of nitrogens with zero attached hydrogens (tertiary/aromatic N) is 2. The second-order valence-corrected chi connectivity index (χ2v) is 7.67. The number of imidazole rings is 1. The summed E-state index contributed by atoms with van der Waals surface area (Å²) in [5, 5.41) is 18.9. The lowest BCUT2D eigenvalue weighted by Gasteiger charge is -2.24. The second-order valence-electron chi connectivity index (χ2n) is 7.67. The fourth-order valence-corrected chi connectivity index (χ4v) is 3.15. The van der Waals surface area contributed by atoms with Crippen LogP contribution in [0.2, 0.25) is 0 Å². The van der Waals surface area contributed by atoms with Gasteiger partial charge in [0.25, 0.3) is 6.43 Å². The van der Waals surface area contributed by atoms with Crippen LogP contribution in [0, 0.1) is 6.92 Å². The highest BCUT2D eigenvalue weighted by Crippen LogP contribution is 2.39. The Morgan fingerprint density at radius 2 is 1.77 bits per heavy atom. The first-order valence-electron chi connectivity index (χ1n) is 8.62. The van der Waals surface area contributed by atoms with Crippen LogP contribution in [-0.2, 0) is 18.1 Å². The number of aromatic carboxylic acids is 1. The lowest BCUT2D eigenvalue weighted by atomic mass is 9.94. The van der Waals surface area contributed by atoms with Crippen molar-refractivity contribution >= 4 is 18.4 Å². The highest BCUT2D eigenvalue weighted by molar-refractivity contribution is 5.86. The number of hydrogen-bond donors (Lipinski definition) is 2. The molecule has 0 aliphatic rings. The van der Waals surface area contributed by atoms with Crippen molar-refractivity contribution in [1.29, 1.82) is 0 Å². The molecule has 2 rings (SSSR count). The first kappa shape index (κ1) is 25.8. The van der Waals surface area contributed by atoms with Gasteiger partial charge < -0.3 is 14.8 Å². The number of aliphatic hydroxyl groups is 1. The minimum absolute atomic E-state index is 0. The molecule has 1 heterocycles. The Kier molecular flexibility index (Phi) is 7.65. The number of benzene rings is 1. The molecule has 0 spiro atoms. The zero-order valence-electron chi connectivity index (χ0n) is 16.6. The average Bonchev–Trinajstić information content (AvgIpc) is 2.90. The average molecular weight is 457 g/mol. The summed E-state index contributed by atoms with van der Waals surface area (Å²) in [6, 6.07) is 3.06. The lowest BCUT2D eigenvalue weighted by Crippen LogP contribution is -2.23. The Hall–Kier alpha value is -2.20. The highest BCUT2D eigenvalue weighted by atomic mass is 35.5. The standard InChI is InChI=1S/C19H21F5N2O3.ClH/c1-9-13(16(28)29)25-17(18(2,3)4)26(9)8-10-6-5-7-11(14(27)15(20)21)12(10)19(22,23)24;/h5-7,14-15,27H,8H2,1-4H3,(H,28,29);1H. The number of aliphatic hydroxyl groups excluding tert-OH is 1. The predicted molar refractivity (Wildman–Crippen MR) is 101 cm³/mol. The Labute approximate surface area is 176 Å². The summed E-state index contributed by atoms with van der Waals surface area (Å²) in [6.07, 6.45) is -11.0. The van der Waals surface area contributed by atoms with Gasteiger partial charge in [-0.1, -0.05) is 39.0 Å². The van der Waals surface area contributed by atoms with Crippen molar-refractivity contribution in [3.05, 3.63) is 52.1 Å². The summed E-state index contributed by atoms with van der Waals surface area (Å²) in [5.41, 5.74) is -3.53. The molecule has 0 radical (unpaired) electrons. The van der Waals surface area contributed by atoms with Crippen molar-refractivity contribution in [2.75, 3.05) is 0 Å². The maximum absolute atomic E-state index is 13.7. The number of carbonyl (C=O) groups is 1. The van der Waals surface area contributed by atoms with Gasteiger partial charge in [0.1, 0.15) is 11.9 Å². The van der Waals surface area contributed by atoms with E-state index in [2.05, 4.69) is 4.98 Å². The minimum Gasteiger partial charge on any atom is -0.476 e. The molecule has 0 aliphatic heterocycles. The van der Waals surface area contributed by atoms with Crippen LogP contribution in [0.3, 0.4) is 0 Å². The topological polar surface area (TPSA) is 75.3 Å². The molecule has 0 aliphatic carbocycles. The molecule has 0 amide bonds. The SMILES string of the molecule is Cc1c(C(=O)O)nc(C(C)(C)C)n1Cc1cccc(C(O)C(F)F)c1C(F)(F)F.Cl. The normalized spacial score (nSPS) is 13.3. The van der Waals surface area contributed by atoms with E-state index >= 15 is 0 Å². The fraction of sp³-hybridized carbons (Fsp3) is 0.474. The largest absolute Gasteiger partial charge is 0.476 e. The summed E-state index contributed by atoms with van der Waals surface area (Å²) in [6.45, 7) is 6.13. The van der Waals surface area contributed by atoms with Gasteiger partial charge in [-0.2, -0.15) is 13.2 Å². The van der Waals surface area contributed by atoms with Crippen LogP contribution in [0.15, 0.2) is 18.2 Å². The number of carboxylic acids is 1. The van der Waals surface area contributed by atoms with E-state index in [9.17, 15) is 37.0 Å². The first-order chi connectivity index (χ1) is 13.2. The maximum Gasteiger partial charge on any atom is 0.417 e. The van der Waals surface area contributed by atoms with E-state index in [1.165, 1.54) is 11.5 Å². The molecule has 5 nitrogen and oxygen atoms in total. The highest BCUT2D eigenvalue weighted by Gasteiger charge is 2.39. The van der Waals surface area contributed by atoms with Gasteiger partial charge in [-0.25, -0.2) is 18.6 Å². The third-order valence-corrected chi connectivity index (χ3v) is 4.45. The van der Waals surface area contributed by atoms with Gasteiger partial charge in [-0.15, -0.1) is 12.4 Å². The van der Waals surface area contributed by atoms with Crippen LogP contribution in [-0.4, -0.2) is 32.2 Å². The molecule has 2 N–H and O–H groups in total. The molecular formula is C19H22ClF5N2O3. The quantitative estimate of drug-likeness (QED) is 0.623. The Balaban J connectivity index is 0.00000450. The molecule has 0 saturated heterocycles. The molecule has 168 valence electrons. The van der Waals surface area contributed by atoms with E-state index in [1.807, 2.05) is 0 Å². The molecule has 1 aromatic heterocycles. The van der Waals surface area contributed by atoms with E-state index in [-0.39, 0.29) is 35.2 Å². The third-order valence-electron chi connectivity index (χ3n) is 4.45. The van der Waals surface area contributed by atoms with Crippen molar-refractivity contribution in [2.45, 2.75) is 58.4 Å². The molecule has 0 fully saturated rings. The number of hydrogen-bond acceptors (Lipinski definition) is 3.